The van der Waals surface area contributed by atoms with E-state index in [1.165, 1.54) is 31.0 Å². The molecule has 140 valence electrons. The lowest BCUT2D eigenvalue weighted by atomic mass is 10.1. The number of unbranched alkanes of at least 4 members (excludes halogenated alkanes) is 3. The molecule has 1 N–H and O–H groups in total. The second-order valence-electron chi connectivity index (χ2n) is 6.75. The molecule has 1 atom stereocenters. The number of pyridine rings is 1. The second-order valence-corrected chi connectivity index (χ2v) is 6.75. The zero-order valence-corrected chi connectivity index (χ0v) is 16.0. The molecule has 2 rings (SSSR count). The highest BCUT2D eigenvalue weighted by Crippen LogP contribution is 2.20. The molecule has 0 bridgehead atoms. The van der Waals surface area contributed by atoms with Crippen LogP contribution in [0.2, 0.25) is 0 Å². The van der Waals surface area contributed by atoms with Crippen molar-refractivity contribution in [3.8, 4) is 17.0 Å². The zero-order valence-electron chi connectivity index (χ0n) is 16.0. The summed E-state index contributed by atoms with van der Waals surface area (Å²) in [6.07, 6.45) is 13.3. The Balaban J connectivity index is 1.69. The first-order valence-corrected chi connectivity index (χ1v) is 9.72. The first-order chi connectivity index (χ1) is 12.7. The van der Waals surface area contributed by atoms with Gasteiger partial charge < -0.3 is 9.84 Å². The summed E-state index contributed by atoms with van der Waals surface area (Å²) < 4.78 is 5.83. The van der Waals surface area contributed by atoms with Crippen LogP contribution in [0.1, 0.15) is 57.9 Å². The van der Waals surface area contributed by atoms with E-state index in [2.05, 4.69) is 55.2 Å². The maximum Gasteiger partial charge on any atom is 0.133 e. The Hall–Kier alpha value is -2.13. The van der Waals surface area contributed by atoms with Crippen LogP contribution < -0.4 is 0 Å². The van der Waals surface area contributed by atoms with Crippen molar-refractivity contribution in [1.82, 2.24) is 4.98 Å². The third-order valence-corrected chi connectivity index (χ3v) is 4.40. The van der Waals surface area contributed by atoms with Gasteiger partial charge in [0, 0.05) is 12.2 Å². The lowest BCUT2D eigenvalue weighted by Gasteiger charge is -2.11. The lowest BCUT2D eigenvalue weighted by Crippen LogP contribution is -2.08. The maximum absolute atomic E-state index is 9.31. The monoisotopic (exact) mass is 353 g/mol. The van der Waals surface area contributed by atoms with Crippen LogP contribution in [0.3, 0.4) is 0 Å². The molecule has 1 aromatic heterocycles. The second kappa shape index (κ2) is 11.5. The number of aromatic hydroxyl groups is 1. The van der Waals surface area contributed by atoms with Gasteiger partial charge in [-0.3, -0.25) is 4.98 Å². The first-order valence-electron chi connectivity index (χ1n) is 9.72. The number of benzene rings is 1. The quantitative estimate of drug-likeness (QED) is 0.487. The predicted octanol–water partition coefficient (Wildman–Crippen LogP) is 6.23. The summed E-state index contributed by atoms with van der Waals surface area (Å²) in [5.74, 6) is 0.189. The van der Waals surface area contributed by atoms with Gasteiger partial charge in [0.15, 0.2) is 0 Å². The number of allylic oxidation sites excluding steroid dienone is 1. The Morgan fingerprint density at radius 1 is 1.08 bits per heavy atom. The van der Waals surface area contributed by atoms with Crippen LogP contribution in [0.5, 0.6) is 5.75 Å². The molecule has 3 nitrogen and oxygen atoms in total. The van der Waals surface area contributed by atoms with Crippen LogP contribution in [0.4, 0.5) is 0 Å². The van der Waals surface area contributed by atoms with E-state index in [0.717, 1.165) is 37.1 Å². The largest absolute Gasteiger partial charge is 0.506 e. The van der Waals surface area contributed by atoms with Crippen molar-refractivity contribution in [2.24, 2.45) is 0 Å². The average molecular weight is 354 g/mol. The molecule has 26 heavy (non-hydrogen) atoms. The molecule has 1 unspecified atom stereocenters. The highest BCUT2D eigenvalue weighted by Gasteiger charge is 2.01. The van der Waals surface area contributed by atoms with Crippen molar-refractivity contribution < 1.29 is 9.84 Å². The van der Waals surface area contributed by atoms with Crippen LogP contribution >= 0.6 is 0 Å². The van der Waals surface area contributed by atoms with Gasteiger partial charge in [-0.1, -0.05) is 56.2 Å². The van der Waals surface area contributed by atoms with Crippen LogP contribution in [0, 0.1) is 0 Å². The van der Waals surface area contributed by atoms with Gasteiger partial charge in [0.2, 0.25) is 0 Å². The van der Waals surface area contributed by atoms with Crippen molar-refractivity contribution >= 4 is 6.08 Å². The summed E-state index contributed by atoms with van der Waals surface area (Å²) >= 11 is 0. The van der Waals surface area contributed by atoms with Gasteiger partial charge in [-0.2, -0.15) is 0 Å². The van der Waals surface area contributed by atoms with Gasteiger partial charge in [0.1, 0.15) is 5.75 Å². The van der Waals surface area contributed by atoms with E-state index in [0.29, 0.717) is 6.10 Å². The highest BCUT2D eigenvalue weighted by molar-refractivity contribution is 5.62. The number of nitrogens with zero attached hydrogens (tertiary/aromatic N) is 1. The molecule has 0 saturated heterocycles. The normalized spacial score (nSPS) is 12.5. The van der Waals surface area contributed by atoms with E-state index in [4.69, 9.17) is 4.74 Å². The minimum absolute atomic E-state index is 0.189. The number of hydrogen-bond donors (Lipinski definition) is 1. The molecule has 0 fully saturated rings. The Bertz CT molecular complexity index is 647. The van der Waals surface area contributed by atoms with Gasteiger partial charge in [-0.25, -0.2) is 0 Å². The van der Waals surface area contributed by atoms with Crippen LogP contribution in [0.25, 0.3) is 17.3 Å². The van der Waals surface area contributed by atoms with Gasteiger partial charge in [0.05, 0.1) is 18.0 Å². The van der Waals surface area contributed by atoms with Crippen molar-refractivity contribution in [3.05, 3.63) is 54.2 Å². The van der Waals surface area contributed by atoms with E-state index >= 15 is 0 Å². The smallest absolute Gasteiger partial charge is 0.133 e. The summed E-state index contributed by atoms with van der Waals surface area (Å²) in [6.45, 7) is 5.28. The maximum atomic E-state index is 9.31. The molecule has 0 amide bonds. The fourth-order valence-electron chi connectivity index (χ4n) is 2.78. The van der Waals surface area contributed by atoms with E-state index < -0.39 is 0 Å². The Kier molecular flexibility index (Phi) is 8.91. The highest BCUT2D eigenvalue weighted by atomic mass is 16.5. The van der Waals surface area contributed by atoms with Crippen molar-refractivity contribution in [2.45, 2.75) is 58.5 Å². The van der Waals surface area contributed by atoms with Crippen LogP contribution in [-0.4, -0.2) is 22.8 Å². The van der Waals surface area contributed by atoms with E-state index in [1.807, 2.05) is 6.07 Å². The number of ether oxygens (including phenoxy) is 1. The fraction of sp³-hybridized carbons (Fsp3) is 0.435. The van der Waals surface area contributed by atoms with Crippen molar-refractivity contribution in [1.29, 1.82) is 0 Å². The molecule has 0 saturated carbocycles. The van der Waals surface area contributed by atoms with Crippen LogP contribution in [0.15, 0.2) is 48.7 Å². The molecular formula is C23H31NO2. The molecule has 0 radical (unpaired) electrons. The Morgan fingerprint density at radius 3 is 2.58 bits per heavy atom. The summed E-state index contributed by atoms with van der Waals surface area (Å²) in [4.78, 5) is 4.23. The van der Waals surface area contributed by atoms with Crippen molar-refractivity contribution in [2.75, 3.05) is 6.61 Å². The molecule has 0 aliphatic rings. The average Bonchev–Trinajstić information content (AvgIpc) is 2.66. The summed E-state index contributed by atoms with van der Waals surface area (Å²) in [5.41, 5.74) is 3.11. The number of aromatic nitrogens is 1. The van der Waals surface area contributed by atoms with Gasteiger partial charge in [0.25, 0.3) is 0 Å². The third kappa shape index (κ3) is 7.40. The van der Waals surface area contributed by atoms with Gasteiger partial charge >= 0.3 is 0 Å². The van der Waals surface area contributed by atoms with Gasteiger partial charge in [-0.05, 0) is 50.3 Å². The molecular weight excluding hydrogens is 322 g/mol. The molecule has 0 spiro atoms. The standard InChI is InChI=1S/C23H31NO2/c1-3-4-8-17-26-19(2)9-6-5-7-10-20-11-13-21(14-12-20)23-16-15-22(25)18-24-23/h7,10-16,18-19,25H,3-6,8-9,17H2,1-2H3. The molecule has 1 aromatic carbocycles. The van der Waals surface area contributed by atoms with E-state index in [-0.39, 0.29) is 5.75 Å². The minimum atomic E-state index is 0.189. The van der Waals surface area contributed by atoms with Crippen molar-refractivity contribution in [3.63, 3.8) is 0 Å². The molecule has 0 aliphatic carbocycles. The Morgan fingerprint density at radius 2 is 1.88 bits per heavy atom. The fourth-order valence-corrected chi connectivity index (χ4v) is 2.78. The van der Waals surface area contributed by atoms with E-state index in [1.54, 1.807) is 6.07 Å². The first kappa shape index (κ1) is 20.2. The van der Waals surface area contributed by atoms with Crippen LogP contribution in [-0.2, 0) is 4.74 Å². The summed E-state index contributed by atoms with van der Waals surface area (Å²) in [6, 6.07) is 11.8. The molecule has 0 aliphatic heterocycles. The topological polar surface area (TPSA) is 42.4 Å². The predicted molar refractivity (Wildman–Crippen MR) is 109 cm³/mol. The summed E-state index contributed by atoms with van der Waals surface area (Å²) in [5, 5.41) is 9.31. The number of hydrogen-bond acceptors (Lipinski definition) is 3. The lowest BCUT2D eigenvalue weighted by molar-refractivity contribution is 0.0566. The number of rotatable bonds is 11. The minimum Gasteiger partial charge on any atom is -0.506 e. The third-order valence-electron chi connectivity index (χ3n) is 4.40. The van der Waals surface area contributed by atoms with E-state index in [9.17, 15) is 5.11 Å². The van der Waals surface area contributed by atoms with Gasteiger partial charge in [-0.15, -0.1) is 0 Å². The zero-order chi connectivity index (χ0) is 18.6. The molecule has 1 heterocycles. The summed E-state index contributed by atoms with van der Waals surface area (Å²) in [7, 11) is 0. The molecule has 3 heteroatoms. The molecule has 2 aromatic rings. The Labute approximate surface area is 157 Å². The SMILES string of the molecule is CCCCCOC(C)CCCC=Cc1ccc(-c2ccc(O)cn2)cc1.